The second-order valence-corrected chi connectivity index (χ2v) is 14.7. The molecule has 0 aliphatic carbocycles. The molecule has 3 rings (SSSR count). The average Bonchev–Trinajstić information content (AvgIpc) is 3.25. The van der Waals surface area contributed by atoms with Gasteiger partial charge in [-0.25, -0.2) is 0 Å². The average molecular weight is 512 g/mol. The Morgan fingerprint density at radius 1 is 0.926 bits per heavy atom. The third kappa shape index (κ3) is 6.87. The van der Waals surface area contributed by atoms with E-state index in [1.54, 1.807) is 6.26 Å². The first-order valence-corrected chi connectivity index (χ1v) is 15.9. The number of hydrogen-bond acceptors (Lipinski definition) is 5. The van der Waals surface area contributed by atoms with Gasteiger partial charge in [0.15, 0.2) is 0 Å². The number of nitrogens with one attached hydrogen (secondary N) is 2. The van der Waals surface area contributed by atoms with Gasteiger partial charge in [-0.2, -0.15) is 0 Å². The van der Waals surface area contributed by atoms with E-state index in [1.807, 2.05) is 32.8 Å². The van der Waals surface area contributed by atoms with E-state index in [2.05, 4.69) is 74.0 Å². The van der Waals surface area contributed by atoms with Crippen LogP contribution in [0.2, 0.25) is 0 Å². The first kappa shape index (κ1) is 20.8. The van der Waals surface area contributed by atoms with Gasteiger partial charge in [0.25, 0.3) is 0 Å². The van der Waals surface area contributed by atoms with E-state index >= 15 is 0 Å². The summed E-state index contributed by atoms with van der Waals surface area (Å²) >= 11 is 0.378. The van der Waals surface area contributed by atoms with Crippen LogP contribution in [-0.4, -0.2) is 18.6 Å². The van der Waals surface area contributed by atoms with Crippen molar-refractivity contribution < 1.29 is 4.42 Å². The Balaban J connectivity index is 1.54. The number of benzene rings is 2. The summed E-state index contributed by atoms with van der Waals surface area (Å²) < 4.78 is 13.1. The molecule has 1 heterocycles. The van der Waals surface area contributed by atoms with Gasteiger partial charge in [0.05, 0.1) is 0 Å². The SMILES string of the molecule is CSI(NCCSCc1ccco1)NC(c1ccccc1)c1ccccc1. The van der Waals surface area contributed by atoms with E-state index < -0.39 is 19.0 Å². The number of furan rings is 1. The second-order valence-electron chi connectivity index (χ2n) is 5.78. The Bertz CT molecular complexity index is 717. The summed E-state index contributed by atoms with van der Waals surface area (Å²) in [6.45, 7) is 1.01. The van der Waals surface area contributed by atoms with Crippen molar-refractivity contribution in [3.8, 4) is 0 Å². The van der Waals surface area contributed by atoms with Gasteiger partial charge in [-0.15, -0.1) is 0 Å². The molecule has 3 aromatic rings. The van der Waals surface area contributed by atoms with Crippen molar-refractivity contribution in [3.05, 3.63) is 95.9 Å². The summed E-state index contributed by atoms with van der Waals surface area (Å²) in [5.74, 6) is 3.07. The summed E-state index contributed by atoms with van der Waals surface area (Å²) in [6, 6.07) is 25.6. The fourth-order valence-electron chi connectivity index (χ4n) is 2.61. The van der Waals surface area contributed by atoms with Crippen molar-refractivity contribution in [2.75, 3.05) is 18.6 Å². The summed E-state index contributed by atoms with van der Waals surface area (Å²) in [6.07, 6.45) is 3.94. The van der Waals surface area contributed by atoms with E-state index in [1.165, 1.54) is 11.1 Å². The summed E-state index contributed by atoms with van der Waals surface area (Å²) in [4.78, 5) is 0. The van der Waals surface area contributed by atoms with Crippen LogP contribution in [0.3, 0.4) is 0 Å². The van der Waals surface area contributed by atoms with Gasteiger partial charge in [-0.05, 0) is 0 Å². The molecule has 27 heavy (non-hydrogen) atoms. The Labute approximate surface area is 176 Å². The van der Waals surface area contributed by atoms with Crippen molar-refractivity contribution in [2.24, 2.45) is 0 Å². The standard InChI is InChI=1S/C21H25IN2OS2/c1-26-22(23-14-16-27-17-20-13-8-15-25-20)24-21(18-9-4-2-5-10-18)19-11-6-3-7-12-19/h2-13,15,21,23-24H,14,16-17H2,1H3. The monoisotopic (exact) mass is 512 g/mol. The van der Waals surface area contributed by atoms with Crippen molar-refractivity contribution in [1.29, 1.82) is 0 Å². The van der Waals surface area contributed by atoms with Gasteiger partial charge in [0, 0.05) is 0 Å². The first-order chi connectivity index (χ1) is 13.4. The summed E-state index contributed by atoms with van der Waals surface area (Å²) in [7, 11) is 1.95. The molecule has 0 aliphatic rings. The number of halogens is 1. The van der Waals surface area contributed by atoms with Gasteiger partial charge in [-0.3, -0.25) is 0 Å². The zero-order valence-corrected chi connectivity index (χ0v) is 19.1. The molecular weight excluding hydrogens is 487 g/mol. The fraction of sp³-hybridized carbons (Fsp3) is 0.238. The minimum absolute atomic E-state index is 0.230. The van der Waals surface area contributed by atoms with Crippen LogP contribution in [0.1, 0.15) is 22.9 Å². The van der Waals surface area contributed by atoms with Gasteiger partial charge < -0.3 is 0 Å². The van der Waals surface area contributed by atoms with E-state index in [9.17, 15) is 0 Å². The van der Waals surface area contributed by atoms with Crippen LogP contribution < -0.4 is 7.06 Å². The molecule has 2 N–H and O–H groups in total. The summed E-state index contributed by atoms with van der Waals surface area (Å²) in [5.41, 5.74) is 2.63. The maximum atomic E-state index is 5.39. The Hall–Kier alpha value is -0.930. The van der Waals surface area contributed by atoms with Crippen molar-refractivity contribution in [3.63, 3.8) is 0 Å². The molecule has 0 saturated carbocycles. The molecule has 0 aliphatic heterocycles. The van der Waals surface area contributed by atoms with Crippen LogP contribution in [0, 0.1) is 0 Å². The second kappa shape index (κ2) is 11.8. The van der Waals surface area contributed by atoms with Gasteiger partial charge >= 0.3 is 177 Å². The third-order valence-corrected chi connectivity index (χ3v) is 11.6. The molecule has 144 valence electrons. The Kier molecular flexibility index (Phi) is 9.10. The Morgan fingerprint density at radius 3 is 2.15 bits per heavy atom. The molecule has 0 amide bonds. The van der Waals surface area contributed by atoms with E-state index in [0.717, 1.165) is 23.8 Å². The molecule has 0 unspecified atom stereocenters. The van der Waals surface area contributed by atoms with E-state index in [0.29, 0.717) is 0 Å². The third-order valence-electron chi connectivity index (χ3n) is 3.92. The molecule has 0 bridgehead atoms. The number of hydrogen-bond donors (Lipinski definition) is 2. The van der Waals surface area contributed by atoms with Crippen molar-refractivity contribution in [1.82, 2.24) is 7.06 Å². The molecule has 1 aromatic heterocycles. The van der Waals surface area contributed by atoms with Crippen LogP contribution in [-0.2, 0) is 5.75 Å². The normalized spacial score (nSPS) is 11.7. The topological polar surface area (TPSA) is 37.2 Å². The van der Waals surface area contributed by atoms with E-state index in [-0.39, 0.29) is 6.04 Å². The minimum atomic E-state index is -1.53. The Morgan fingerprint density at radius 2 is 1.59 bits per heavy atom. The molecular formula is C21H25IN2OS2. The predicted octanol–water partition coefficient (Wildman–Crippen LogP) is 6.10. The number of rotatable bonds is 11. The van der Waals surface area contributed by atoms with E-state index in [4.69, 9.17) is 4.42 Å². The molecule has 3 nitrogen and oxygen atoms in total. The molecule has 0 atom stereocenters. The molecule has 0 fully saturated rings. The molecule has 0 spiro atoms. The van der Waals surface area contributed by atoms with Crippen LogP contribution >= 0.6 is 39.7 Å². The van der Waals surface area contributed by atoms with Crippen molar-refractivity contribution in [2.45, 2.75) is 11.8 Å². The zero-order chi connectivity index (χ0) is 18.7. The van der Waals surface area contributed by atoms with Crippen LogP contribution in [0.15, 0.2) is 83.5 Å². The van der Waals surface area contributed by atoms with Gasteiger partial charge in [0.1, 0.15) is 0 Å². The quantitative estimate of drug-likeness (QED) is 0.185. The van der Waals surface area contributed by atoms with Crippen molar-refractivity contribution >= 4 is 39.7 Å². The molecule has 2 aromatic carbocycles. The molecule has 6 heteroatoms. The molecule has 0 saturated heterocycles. The number of thioether (sulfide) groups is 1. The van der Waals surface area contributed by atoms with Crippen LogP contribution in [0.4, 0.5) is 0 Å². The van der Waals surface area contributed by atoms with Gasteiger partial charge in [-0.1, -0.05) is 0 Å². The maximum absolute atomic E-state index is 5.39. The summed E-state index contributed by atoms with van der Waals surface area (Å²) in [5, 5.41) is 0. The van der Waals surface area contributed by atoms with Crippen LogP contribution in [0.25, 0.3) is 0 Å². The molecule has 0 radical (unpaired) electrons. The first-order valence-electron chi connectivity index (χ1n) is 8.81. The van der Waals surface area contributed by atoms with Crippen LogP contribution in [0.5, 0.6) is 0 Å². The zero-order valence-electron chi connectivity index (χ0n) is 15.3. The fourth-order valence-corrected chi connectivity index (χ4v) is 9.01. The predicted molar refractivity (Wildman–Crippen MR) is 128 cm³/mol. The van der Waals surface area contributed by atoms with Gasteiger partial charge in [0.2, 0.25) is 0 Å².